The first-order chi connectivity index (χ1) is 15.2. The van der Waals surface area contributed by atoms with E-state index in [4.69, 9.17) is 19.5 Å². The van der Waals surface area contributed by atoms with E-state index >= 15 is 0 Å². The normalized spacial score (nSPS) is 16.5. The van der Waals surface area contributed by atoms with Crippen molar-refractivity contribution in [3.63, 3.8) is 0 Å². The van der Waals surface area contributed by atoms with Gasteiger partial charge in [0.2, 0.25) is 5.95 Å². The summed E-state index contributed by atoms with van der Waals surface area (Å²) in [5.74, 6) is -2.16. The summed E-state index contributed by atoms with van der Waals surface area (Å²) in [6, 6.07) is 1.86. The number of carbonyl (C=O) groups is 2. The van der Waals surface area contributed by atoms with Gasteiger partial charge in [-0.05, 0) is 12.5 Å². The largest absolute Gasteiger partial charge is 0.490 e. The number of anilines is 1. The molecule has 2 aromatic heterocycles. The van der Waals surface area contributed by atoms with Crippen LogP contribution in [0.3, 0.4) is 0 Å². The number of hydrogen-bond acceptors (Lipinski definition) is 7. The minimum atomic E-state index is -5.08. The number of hydroxylamine groups is 2. The molecule has 2 aromatic rings. The van der Waals surface area contributed by atoms with Gasteiger partial charge in [-0.15, -0.1) is 0 Å². The van der Waals surface area contributed by atoms with Crippen molar-refractivity contribution in [2.45, 2.75) is 12.6 Å². The first-order valence-electron chi connectivity index (χ1n) is 9.73. The zero-order chi connectivity index (χ0) is 23.3. The Morgan fingerprint density at radius 2 is 1.69 bits per heavy atom. The lowest BCUT2D eigenvalue weighted by Gasteiger charge is -2.26. The predicted octanol–water partition coefficient (Wildman–Crippen LogP) is 1.73. The summed E-state index contributed by atoms with van der Waals surface area (Å²) in [6.45, 7) is 4.25. The average molecular weight is 457 g/mol. The van der Waals surface area contributed by atoms with Crippen molar-refractivity contribution in [2.24, 2.45) is 7.05 Å². The molecule has 0 aliphatic carbocycles. The molecule has 2 saturated heterocycles. The number of ether oxygens (including phenoxy) is 1. The minimum Gasteiger partial charge on any atom is -0.475 e. The molecule has 4 rings (SSSR count). The molecule has 0 radical (unpaired) electrons. The minimum absolute atomic E-state index is 0.114. The maximum absolute atomic E-state index is 12.5. The third-order valence-corrected chi connectivity index (χ3v) is 4.71. The molecule has 2 aliphatic rings. The lowest BCUT2D eigenvalue weighted by molar-refractivity contribution is -0.192. The summed E-state index contributed by atoms with van der Waals surface area (Å²) in [6.07, 6.45) is 1.30. The van der Waals surface area contributed by atoms with E-state index in [0.29, 0.717) is 38.0 Å². The number of halogens is 3. The molecular weight excluding hydrogens is 435 g/mol. The van der Waals surface area contributed by atoms with Crippen LogP contribution in [-0.2, 0) is 21.4 Å². The summed E-state index contributed by atoms with van der Waals surface area (Å²) in [7, 11) is 1.86. The van der Waals surface area contributed by atoms with E-state index in [2.05, 4.69) is 14.9 Å². The number of carbonyl (C=O) groups excluding carboxylic acids is 1. The van der Waals surface area contributed by atoms with Crippen LogP contribution in [0.5, 0.6) is 0 Å². The van der Waals surface area contributed by atoms with E-state index in [1.165, 1.54) is 5.06 Å². The highest BCUT2D eigenvalue weighted by atomic mass is 19.4. The lowest BCUT2D eigenvalue weighted by Crippen LogP contribution is -2.37. The van der Waals surface area contributed by atoms with Gasteiger partial charge in [-0.1, -0.05) is 0 Å². The Hall–Kier alpha value is -3.19. The summed E-state index contributed by atoms with van der Waals surface area (Å²) < 4.78 is 38.9. The fraction of sp³-hybridized carbons (Fsp3) is 0.474. The number of aliphatic carboxylic acids is 1. The number of alkyl halides is 3. The van der Waals surface area contributed by atoms with Crippen LogP contribution in [0.25, 0.3) is 11.1 Å². The standard InChI is InChI=1S/C17H21N5O3.C2HF3O2/c1-20-12-13(9-15(20)16(23)22-3-2-6-25-22)14-10-18-17(19-11-14)21-4-7-24-8-5-21;3-2(4,5)1(6)7/h9-12H,2-8H2,1H3;(H,6,7). The third kappa shape index (κ3) is 5.73. The van der Waals surface area contributed by atoms with Crippen LogP contribution in [0.4, 0.5) is 19.1 Å². The van der Waals surface area contributed by atoms with E-state index in [0.717, 1.165) is 30.6 Å². The van der Waals surface area contributed by atoms with Gasteiger partial charge in [0.05, 0.1) is 26.4 Å². The van der Waals surface area contributed by atoms with E-state index in [1.807, 2.05) is 23.9 Å². The van der Waals surface area contributed by atoms with Crippen molar-refractivity contribution in [2.75, 3.05) is 44.4 Å². The lowest BCUT2D eigenvalue weighted by atomic mass is 10.2. The van der Waals surface area contributed by atoms with Gasteiger partial charge >= 0.3 is 12.1 Å². The molecule has 0 bridgehead atoms. The first kappa shape index (κ1) is 23.5. The highest BCUT2D eigenvalue weighted by Crippen LogP contribution is 2.23. The average Bonchev–Trinajstić information content (AvgIpc) is 3.44. The van der Waals surface area contributed by atoms with Gasteiger partial charge in [0.25, 0.3) is 5.91 Å². The predicted molar refractivity (Wildman–Crippen MR) is 105 cm³/mol. The zero-order valence-corrected chi connectivity index (χ0v) is 17.2. The molecule has 0 aromatic carbocycles. The van der Waals surface area contributed by atoms with Crippen LogP contribution < -0.4 is 4.90 Å². The second-order valence-corrected chi connectivity index (χ2v) is 6.99. The second-order valence-electron chi connectivity index (χ2n) is 6.99. The number of hydrogen-bond donors (Lipinski definition) is 1. The number of rotatable bonds is 3. The summed E-state index contributed by atoms with van der Waals surface area (Å²) >= 11 is 0. The summed E-state index contributed by atoms with van der Waals surface area (Å²) in [4.78, 5) is 37.8. The molecule has 0 unspecified atom stereocenters. The van der Waals surface area contributed by atoms with Crippen molar-refractivity contribution >= 4 is 17.8 Å². The molecule has 0 atom stereocenters. The van der Waals surface area contributed by atoms with E-state index in [9.17, 15) is 18.0 Å². The van der Waals surface area contributed by atoms with Crippen molar-refractivity contribution in [1.82, 2.24) is 19.6 Å². The Morgan fingerprint density at radius 1 is 1.06 bits per heavy atom. The third-order valence-electron chi connectivity index (χ3n) is 4.71. The Morgan fingerprint density at radius 3 is 2.22 bits per heavy atom. The molecule has 174 valence electrons. The molecule has 0 spiro atoms. The summed E-state index contributed by atoms with van der Waals surface area (Å²) in [5.41, 5.74) is 2.39. The maximum Gasteiger partial charge on any atom is 0.490 e. The first-order valence-corrected chi connectivity index (χ1v) is 9.73. The number of morpholine rings is 1. The van der Waals surface area contributed by atoms with Crippen LogP contribution in [0.1, 0.15) is 16.9 Å². The van der Waals surface area contributed by atoms with E-state index < -0.39 is 12.1 Å². The fourth-order valence-corrected chi connectivity index (χ4v) is 3.07. The number of carboxylic acid groups (broad SMARTS) is 1. The van der Waals surface area contributed by atoms with Crippen LogP contribution in [0.2, 0.25) is 0 Å². The van der Waals surface area contributed by atoms with Gasteiger partial charge in [-0.2, -0.15) is 13.2 Å². The molecule has 1 amide bonds. The molecule has 0 saturated carbocycles. The topological polar surface area (TPSA) is 110 Å². The highest BCUT2D eigenvalue weighted by molar-refractivity contribution is 5.93. The van der Waals surface area contributed by atoms with E-state index in [1.54, 1.807) is 12.4 Å². The van der Waals surface area contributed by atoms with Gasteiger partial charge in [-0.3, -0.25) is 9.63 Å². The Kier molecular flexibility index (Phi) is 7.30. The van der Waals surface area contributed by atoms with Crippen LogP contribution in [0, 0.1) is 0 Å². The number of amides is 1. The molecular formula is C19H22F3N5O5. The van der Waals surface area contributed by atoms with Gasteiger partial charge in [0, 0.05) is 49.9 Å². The quantitative estimate of drug-likeness (QED) is 0.742. The number of aromatic nitrogens is 3. The fourth-order valence-electron chi connectivity index (χ4n) is 3.07. The van der Waals surface area contributed by atoms with Gasteiger partial charge in [-0.25, -0.2) is 19.8 Å². The molecule has 2 fully saturated rings. The van der Waals surface area contributed by atoms with Gasteiger partial charge in [0.1, 0.15) is 5.69 Å². The second kappa shape index (κ2) is 9.96. The monoisotopic (exact) mass is 457 g/mol. The molecule has 2 aliphatic heterocycles. The Balaban J connectivity index is 0.000000360. The van der Waals surface area contributed by atoms with Crippen LogP contribution in [0.15, 0.2) is 24.7 Å². The summed E-state index contributed by atoms with van der Waals surface area (Å²) in [5, 5.41) is 8.55. The molecule has 1 N–H and O–H groups in total. The van der Waals surface area contributed by atoms with Crippen molar-refractivity contribution in [3.8, 4) is 11.1 Å². The Bertz CT molecular complexity index is 936. The number of nitrogens with zero attached hydrogens (tertiary/aromatic N) is 5. The van der Waals surface area contributed by atoms with Crippen molar-refractivity contribution < 1.29 is 37.4 Å². The molecule has 4 heterocycles. The van der Waals surface area contributed by atoms with Crippen LogP contribution in [-0.4, -0.2) is 82.2 Å². The zero-order valence-electron chi connectivity index (χ0n) is 17.2. The smallest absolute Gasteiger partial charge is 0.475 e. The van der Waals surface area contributed by atoms with E-state index in [-0.39, 0.29) is 5.91 Å². The molecule has 32 heavy (non-hydrogen) atoms. The van der Waals surface area contributed by atoms with Crippen molar-refractivity contribution in [1.29, 1.82) is 0 Å². The van der Waals surface area contributed by atoms with Crippen molar-refractivity contribution in [3.05, 3.63) is 30.4 Å². The number of aryl methyl sites for hydroxylation is 1. The van der Waals surface area contributed by atoms with Crippen LogP contribution >= 0.6 is 0 Å². The molecule has 10 nitrogen and oxygen atoms in total. The number of carboxylic acids is 1. The Labute approximate surface area is 181 Å². The SMILES string of the molecule is Cn1cc(-c2cnc(N3CCOCC3)nc2)cc1C(=O)N1CCCO1.O=C(O)C(F)(F)F. The van der Waals surface area contributed by atoms with Gasteiger partial charge in [0.15, 0.2) is 0 Å². The maximum atomic E-state index is 12.5. The highest BCUT2D eigenvalue weighted by Gasteiger charge is 2.38. The van der Waals surface area contributed by atoms with Gasteiger partial charge < -0.3 is 19.3 Å². The molecule has 13 heteroatoms.